The summed E-state index contributed by atoms with van der Waals surface area (Å²) < 4.78 is 58.0. The van der Waals surface area contributed by atoms with Crippen LogP contribution in [0.5, 0.6) is 0 Å². The largest absolute Gasteiger partial charge is 0.320 e. The summed E-state index contributed by atoms with van der Waals surface area (Å²) in [5, 5.41) is 16.9. The van der Waals surface area contributed by atoms with Gasteiger partial charge in [-0.3, -0.25) is 0 Å². The van der Waals surface area contributed by atoms with Crippen LogP contribution in [0.25, 0.3) is 21.9 Å². The molecule has 4 aromatic rings. The molecule has 11 heteroatoms. The fraction of sp³-hybridized carbons (Fsp3) is 0.261. The number of anilines is 2. The van der Waals surface area contributed by atoms with E-state index in [1.807, 2.05) is 6.07 Å². The number of hydrogen-bond acceptors (Lipinski definition) is 6. The molecule has 0 radical (unpaired) electrons. The molecule has 0 unspecified atom stereocenters. The van der Waals surface area contributed by atoms with E-state index < -0.39 is 30.0 Å². The number of aryl methyl sites for hydroxylation is 1. The van der Waals surface area contributed by atoms with E-state index in [9.17, 15) is 13.2 Å². The average molecular weight is 467 g/mol. The van der Waals surface area contributed by atoms with Gasteiger partial charge in [-0.1, -0.05) is 11.1 Å². The van der Waals surface area contributed by atoms with Gasteiger partial charge in [-0.15, -0.1) is 5.10 Å². The summed E-state index contributed by atoms with van der Waals surface area (Å²) in [6.45, 7) is 2.37. The highest BCUT2D eigenvalue weighted by Gasteiger charge is 2.25. The number of aromatic nitrogens is 5. The Balaban J connectivity index is 1.98. The molecule has 1 aromatic carbocycles. The lowest BCUT2D eigenvalue weighted by Gasteiger charge is -2.25. The number of pyridine rings is 2. The minimum atomic E-state index is -2.84. The summed E-state index contributed by atoms with van der Waals surface area (Å²) in [5.41, 5.74) is -0.156. The third-order valence-electron chi connectivity index (χ3n) is 5.01. The maximum atomic E-state index is 15.1. The van der Waals surface area contributed by atoms with Gasteiger partial charge in [0.25, 0.3) is 6.43 Å². The number of rotatable bonds is 4. The number of benzene rings is 1. The molecule has 0 saturated heterocycles. The molecule has 0 aliphatic carbocycles. The molecule has 3 heterocycles. The Morgan fingerprint density at radius 2 is 1.97 bits per heavy atom. The first-order valence-electron chi connectivity index (χ1n) is 10.0. The van der Waals surface area contributed by atoms with Gasteiger partial charge in [0.2, 0.25) is 5.65 Å². The van der Waals surface area contributed by atoms with Crippen LogP contribution in [0.3, 0.4) is 0 Å². The minimum Gasteiger partial charge on any atom is -0.320 e. The van der Waals surface area contributed by atoms with Crippen molar-refractivity contribution in [3.63, 3.8) is 0 Å². The summed E-state index contributed by atoms with van der Waals surface area (Å²) in [6, 6.07) is 7.15. The highest BCUT2D eigenvalue weighted by atomic mass is 19.3. The smallest absolute Gasteiger partial charge is 0.256 e. The van der Waals surface area contributed by atoms with Gasteiger partial charge in [-0.25, -0.2) is 32.2 Å². The van der Waals surface area contributed by atoms with E-state index in [4.69, 9.17) is 5.26 Å². The molecule has 0 aliphatic rings. The zero-order valence-corrected chi connectivity index (χ0v) is 18.3. The van der Waals surface area contributed by atoms with Crippen molar-refractivity contribution in [1.82, 2.24) is 25.0 Å². The van der Waals surface area contributed by atoms with Crippen LogP contribution in [0.4, 0.5) is 29.1 Å². The second kappa shape index (κ2) is 8.60. The van der Waals surface area contributed by atoms with Crippen LogP contribution < -0.4 is 4.90 Å². The quantitative estimate of drug-likeness (QED) is 0.325. The van der Waals surface area contributed by atoms with Crippen LogP contribution in [0.15, 0.2) is 30.5 Å². The SMILES string of the molecule is Cn1nnc2nc(N(CC(F)F)c3ccnc(C#CC(C)(C)C#N)c3)c3c(F)c(F)ccc3c21. The molecule has 3 aromatic heterocycles. The summed E-state index contributed by atoms with van der Waals surface area (Å²) >= 11 is 0. The second-order valence-electron chi connectivity index (χ2n) is 7.99. The van der Waals surface area contributed by atoms with Crippen LogP contribution in [-0.4, -0.2) is 37.9 Å². The van der Waals surface area contributed by atoms with Crippen LogP contribution in [0.2, 0.25) is 0 Å². The molecule has 0 amide bonds. The van der Waals surface area contributed by atoms with E-state index in [0.717, 1.165) is 11.0 Å². The molecular formula is C23H17F4N7. The molecule has 0 fully saturated rings. The maximum absolute atomic E-state index is 15.1. The summed E-state index contributed by atoms with van der Waals surface area (Å²) in [7, 11) is 1.56. The van der Waals surface area contributed by atoms with Crippen molar-refractivity contribution in [2.24, 2.45) is 12.5 Å². The minimum absolute atomic E-state index is 0.0834. The van der Waals surface area contributed by atoms with E-state index in [2.05, 4.69) is 32.1 Å². The molecule has 0 aliphatic heterocycles. The number of fused-ring (bicyclic) bond motifs is 3. The van der Waals surface area contributed by atoms with Crippen LogP contribution in [-0.2, 0) is 7.05 Å². The molecule has 0 bridgehead atoms. The fourth-order valence-electron chi connectivity index (χ4n) is 3.39. The topological polar surface area (TPSA) is 83.5 Å². The molecule has 0 atom stereocenters. The molecule has 7 nitrogen and oxygen atoms in total. The molecular weight excluding hydrogens is 450 g/mol. The molecule has 0 saturated carbocycles. The Labute approximate surface area is 191 Å². The van der Waals surface area contributed by atoms with Gasteiger partial charge in [0, 0.05) is 24.3 Å². The average Bonchev–Trinajstić information content (AvgIpc) is 3.18. The Hall–Kier alpha value is -4.25. The first kappa shape index (κ1) is 22.9. The molecule has 0 N–H and O–H groups in total. The maximum Gasteiger partial charge on any atom is 0.256 e. The highest BCUT2D eigenvalue weighted by Crippen LogP contribution is 2.37. The lowest BCUT2D eigenvalue weighted by atomic mass is 9.97. The first-order chi connectivity index (χ1) is 16.1. The van der Waals surface area contributed by atoms with Gasteiger partial charge < -0.3 is 4.90 Å². The van der Waals surface area contributed by atoms with Crippen molar-refractivity contribution in [2.75, 3.05) is 11.4 Å². The van der Waals surface area contributed by atoms with Crippen LogP contribution in [0.1, 0.15) is 19.5 Å². The molecule has 0 spiro atoms. The lowest BCUT2D eigenvalue weighted by molar-refractivity contribution is 0.158. The first-order valence-corrected chi connectivity index (χ1v) is 10.0. The van der Waals surface area contributed by atoms with Gasteiger partial charge >= 0.3 is 0 Å². The number of hydrogen-bond donors (Lipinski definition) is 0. The van der Waals surface area contributed by atoms with Crippen molar-refractivity contribution in [3.05, 3.63) is 47.8 Å². The number of halogens is 4. The van der Waals surface area contributed by atoms with Gasteiger partial charge in [0.1, 0.15) is 22.4 Å². The highest BCUT2D eigenvalue weighted by molar-refractivity contribution is 6.08. The Kier molecular flexibility index (Phi) is 5.80. The van der Waals surface area contributed by atoms with Crippen molar-refractivity contribution < 1.29 is 17.6 Å². The zero-order valence-electron chi connectivity index (χ0n) is 18.3. The normalized spacial score (nSPS) is 11.5. The van der Waals surface area contributed by atoms with Gasteiger partial charge in [0.05, 0.1) is 18.0 Å². The van der Waals surface area contributed by atoms with Crippen molar-refractivity contribution in [2.45, 2.75) is 20.3 Å². The predicted molar refractivity (Wildman–Crippen MR) is 117 cm³/mol. The van der Waals surface area contributed by atoms with E-state index in [1.54, 1.807) is 20.9 Å². The van der Waals surface area contributed by atoms with E-state index >= 15 is 4.39 Å². The van der Waals surface area contributed by atoms with Gasteiger partial charge in [-0.2, -0.15) is 5.26 Å². The Morgan fingerprint density at radius 1 is 1.21 bits per heavy atom. The number of nitrogens with zero attached hydrogens (tertiary/aromatic N) is 7. The number of nitriles is 1. The Morgan fingerprint density at radius 3 is 2.68 bits per heavy atom. The summed E-state index contributed by atoms with van der Waals surface area (Å²) in [5.74, 6) is 2.88. The third-order valence-corrected chi connectivity index (χ3v) is 5.01. The van der Waals surface area contributed by atoms with Crippen LogP contribution in [0, 0.1) is 40.2 Å². The number of alkyl halides is 2. The van der Waals surface area contributed by atoms with Crippen molar-refractivity contribution in [3.8, 4) is 17.9 Å². The van der Waals surface area contributed by atoms with E-state index in [0.29, 0.717) is 5.52 Å². The fourth-order valence-corrected chi connectivity index (χ4v) is 3.39. The van der Waals surface area contributed by atoms with Crippen molar-refractivity contribution >= 4 is 33.4 Å². The van der Waals surface area contributed by atoms with E-state index in [1.165, 1.54) is 29.1 Å². The molecule has 34 heavy (non-hydrogen) atoms. The lowest BCUT2D eigenvalue weighted by Crippen LogP contribution is -2.25. The van der Waals surface area contributed by atoms with Crippen LogP contribution >= 0.6 is 0 Å². The van der Waals surface area contributed by atoms with Gasteiger partial charge in [0.15, 0.2) is 11.6 Å². The third kappa shape index (κ3) is 4.20. The summed E-state index contributed by atoms with van der Waals surface area (Å²) in [6.07, 6.45) is -1.50. The van der Waals surface area contributed by atoms with Gasteiger partial charge in [-0.05, 0) is 44.0 Å². The Bertz CT molecular complexity index is 1510. The zero-order chi connectivity index (χ0) is 24.6. The van der Waals surface area contributed by atoms with Crippen molar-refractivity contribution in [1.29, 1.82) is 5.26 Å². The molecule has 172 valence electrons. The standard InChI is InChI=1S/C23H17F4N7/c1-23(2,12-28)8-6-13-10-14(7-9-29-13)34(11-17(25)26)22-18-15(4-5-16(24)19(18)27)20-21(30-22)31-32-33(20)3/h4-5,7,9-10,17H,11H2,1-3H3. The second-order valence-corrected chi connectivity index (χ2v) is 7.99. The predicted octanol–water partition coefficient (Wildman–Crippen LogP) is 4.49. The monoisotopic (exact) mass is 467 g/mol. The summed E-state index contributed by atoms with van der Waals surface area (Å²) in [4.78, 5) is 9.44. The van der Waals surface area contributed by atoms with E-state index in [-0.39, 0.29) is 33.6 Å². The molecule has 4 rings (SSSR count).